The first-order valence-electron chi connectivity index (χ1n) is 11.0. The molecule has 0 amide bonds. The molecule has 0 bridgehead atoms. The number of hydrogen-bond acceptors (Lipinski definition) is 4. The van der Waals surface area contributed by atoms with Crippen LogP contribution in [0.3, 0.4) is 0 Å². The van der Waals surface area contributed by atoms with Gasteiger partial charge in [-0.25, -0.2) is 9.98 Å². The zero-order chi connectivity index (χ0) is 21.3. The molecular formula is C24H36N6. The Morgan fingerprint density at radius 1 is 1.13 bits per heavy atom. The van der Waals surface area contributed by atoms with E-state index in [-0.39, 0.29) is 0 Å². The third-order valence-corrected chi connectivity index (χ3v) is 5.59. The maximum absolute atomic E-state index is 4.75. The molecule has 1 saturated heterocycles. The van der Waals surface area contributed by atoms with Crippen molar-refractivity contribution >= 4 is 11.8 Å². The average molecular weight is 409 g/mol. The molecule has 30 heavy (non-hydrogen) atoms. The van der Waals surface area contributed by atoms with Gasteiger partial charge in [0.2, 0.25) is 0 Å². The summed E-state index contributed by atoms with van der Waals surface area (Å²) in [5, 5.41) is 6.83. The molecule has 1 aromatic heterocycles. The number of likely N-dealkylation sites (N-methyl/N-ethyl adjacent to an activating group) is 1. The number of nitrogens with one attached hydrogen (secondary N) is 2. The molecule has 1 aliphatic rings. The van der Waals surface area contributed by atoms with Crippen molar-refractivity contribution in [3.05, 3.63) is 59.3 Å². The molecule has 1 aromatic carbocycles. The van der Waals surface area contributed by atoms with Crippen LogP contribution in [-0.2, 0) is 6.54 Å². The number of anilines is 1. The molecule has 0 saturated carbocycles. The Bertz CT molecular complexity index is 809. The zero-order valence-corrected chi connectivity index (χ0v) is 18.9. The molecule has 1 fully saturated rings. The Kier molecular flexibility index (Phi) is 8.08. The SMILES string of the molecule is CCNC(=NCc1ccc(N2CCN(C)CC2)nc1)NCC(C)c1cccc(C)c1. The Hall–Kier alpha value is -2.60. The van der Waals surface area contributed by atoms with Gasteiger partial charge in [-0.1, -0.05) is 42.8 Å². The number of guanidine groups is 1. The van der Waals surface area contributed by atoms with Gasteiger partial charge >= 0.3 is 0 Å². The van der Waals surface area contributed by atoms with Crippen LogP contribution in [0.15, 0.2) is 47.6 Å². The lowest BCUT2D eigenvalue weighted by Crippen LogP contribution is -2.44. The Morgan fingerprint density at radius 3 is 2.60 bits per heavy atom. The van der Waals surface area contributed by atoms with Crippen molar-refractivity contribution in [3.63, 3.8) is 0 Å². The third kappa shape index (κ3) is 6.46. The maximum Gasteiger partial charge on any atom is 0.191 e. The molecule has 1 aliphatic heterocycles. The number of pyridine rings is 1. The Labute approximate surface area is 181 Å². The van der Waals surface area contributed by atoms with Crippen molar-refractivity contribution in [2.45, 2.75) is 33.2 Å². The average Bonchev–Trinajstić information content (AvgIpc) is 2.76. The fourth-order valence-electron chi connectivity index (χ4n) is 3.59. The van der Waals surface area contributed by atoms with Crippen LogP contribution in [-0.4, -0.2) is 62.2 Å². The number of hydrogen-bond donors (Lipinski definition) is 2. The quantitative estimate of drug-likeness (QED) is 0.545. The Morgan fingerprint density at radius 2 is 1.93 bits per heavy atom. The topological polar surface area (TPSA) is 55.8 Å². The predicted molar refractivity (Wildman–Crippen MR) is 126 cm³/mol. The lowest BCUT2D eigenvalue weighted by Gasteiger charge is -2.33. The summed E-state index contributed by atoms with van der Waals surface area (Å²) in [4.78, 5) is 14.1. The minimum atomic E-state index is 0.415. The molecule has 162 valence electrons. The van der Waals surface area contributed by atoms with Crippen molar-refractivity contribution in [2.24, 2.45) is 4.99 Å². The highest BCUT2D eigenvalue weighted by atomic mass is 15.3. The summed E-state index contributed by atoms with van der Waals surface area (Å²) in [5.74, 6) is 2.33. The lowest BCUT2D eigenvalue weighted by atomic mass is 9.99. The molecular weight excluding hydrogens is 372 g/mol. The third-order valence-electron chi connectivity index (χ3n) is 5.59. The van der Waals surface area contributed by atoms with Crippen LogP contribution in [0.1, 0.15) is 36.5 Å². The van der Waals surface area contributed by atoms with Gasteiger partial charge in [0.15, 0.2) is 5.96 Å². The van der Waals surface area contributed by atoms with Gasteiger partial charge in [0.25, 0.3) is 0 Å². The summed E-state index contributed by atoms with van der Waals surface area (Å²) >= 11 is 0. The highest BCUT2D eigenvalue weighted by Crippen LogP contribution is 2.16. The minimum Gasteiger partial charge on any atom is -0.357 e. The van der Waals surface area contributed by atoms with E-state index in [2.05, 4.69) is 89.6 Å². The maximum atomic E-state index is 4.75. The molecule has 6 nitrogen and oxygen atoms in total. The van der Waals surface area contributed by atoms with E-state index in [0.29, 0.717) is 12.5 Å². The summed E-state index contributed by atoms with van der Waals surface area (Å²) in [6.45, 7) is 13.0. The fourth-order valence-corrected chi connectivity index (χ4v) is 3.59. The van der Waals surface area contributed by atoms with E-state index in [1.807, 2.05) is 6.20 Å². The molecule has 1 atom stereocenters. The van der Waals surface area contributed by atoms with E-state index in [9.17, 15) is 0 Å². The molecule has 0 radical (unpaired) electrons. The molecule has 2 heterocycles. The van der Waals surface area contributed by atoms with Crippen LogP contribution in [0.25, 0.3) is 0 Å². The van der Waals surface area contributed by atoms with Gasteiger partial charge in [0, 0.05) is 45.5 Å². The summed E-state index contributed by atoms with van der Waals surface area (Å²) in [5.41, 5.74) is 3.77. The first-order valence-corrected chi connectivity index (χ1v) is 11.0. The van der Waals surface area contributed by atoms with Crippen LogP contribution in [0.2, 0.25) is 0 Å². The number of aliphatic imine (C=N–C) groups is 1. The van der Waals surface area contributed by atoms with Crippen LogP contribution >= 0.6 is 0 Å². The van der Waals surface area contributed by atoms with Gasteiger partial charge in [0.05, 0.1) is 6.54 Å². The van der Waals surface area contributed by atoms with Crippen LogP contribution in [0.5, 0.6) is 0 Å². The van der Waals surface area contributed by atoms with E-state index in [0.717, 1.165) is 56.6 Å². The summed E-state index contributed by atoms with van der Waals surface area (Å²) in [7, 11) is 2.17. The molecule has 6 heteroatoms. The number of nitrogens with zero attached hydrogens (tertiary/aromatic N) is 4. The lowest BCUT2D eigenvalue weighted by molar-refractivity contribution is 0.312. The van der Waals surface area contributed by atoms with E-state index in [1.54, 1.807) is 0 Å². The second-order valence-electron chi connectivity index (χ2n) is 8.21. The van der Waals surface area contributed by atoms with E-state index >= 15 is 0 Å². The van der Waals surface area contributed by atoms with E-state index in [1.165, 1.54) is 11.1 Å². The van der Waals surface area contributed by atoms with Gasteiger partial charge in [-0.15, -0.1) is 0 Å². The van der Waals surface area contributed by atoms with Gasteiger partial charge in [-0.3, -0.25) is 0 Å². The normalized spacial score (nSPS) is 16.4. The molecule has 0 aliphatic carbocycles. The highest BCUT2D eigenvalue weighted by molar-refractivity contribution is 5.79. The fraction of sp³-hybridized carbons (Fsp3) is 0.500. The highest BCUT2D eigenvalue weighted by Gasteiger charge is 2.15. The smallest absolute Gasteiger partial charge is 0.191 e. The molecule has 2 aromatic rings. The summed E-state index contributed by atoms with van der Waals surface area (Å²) in [6.07, 6.45) is 1.95. The van der Waals surface area contributed by atoms with E-state index in [4.69, 9.17) is 4.99 Å². The zero-order valence-electron chi connectivity index (χ0n) is 18.9. The van der Waals surface area contributed by atoms with Crippen molar-refractivity contribution in [3.8, 4) is 0 Å². The first-order chi connectivity index (χ1) is 14.5. The van der Waals surface area contributed by atoms with Crippen molar-refractivity contribution in [1.82, 2.24) is 20.5 Å². The van der Waals surface area contributed by atoms with E-state index < -0.39 is 0 Å². The largest absolute Gasteiger partial charge is 0.357 e. The van der Waals surface area contributed by atoms with Crippen LogP contribution in [0.4, 0.5) is 5.82 Å². The minimum absolute atomic E-state index is 0.415. The predicted octanol–water partition coefficient (Wildman–Crippen LogP) is 3.00. The van der Waals surface area contributed by atoms with Crippen LogP contribution < -0.4 is 15.5 Å². The number of aryl methyl sites for hydroxylation is 1. The summed E-state index contributed by atoms with van der Waals surface area (Å²) in [6, 6.07) is 13.0. The first kappa shape index (κ1) is 22.1. The number of rotatable bonds is 7. The Balaban J connectivity index is 1.55. The van der Waals surface area contributed by atoms with Gasteiger partial charge in [-0.2, -0.15) is 0 Å². The number of benzene rings is 1. The molecule has 0 spiro atoms. The monoisotopic (exact) mass is 408 g/mol. The van der Waals surface area contributed by atoms with Crippen molar-refractivity contribution in [1.29, 1.82) is 0 Å². The molecule has 2 N–H and O–H groups in total. The van der Waals surface area contributed by atoms with Crippen molar-refractivity contribution in [2.75, 3.05) is 51.2 Å². The van der Waals surface area contributed by atoms with Crippen molar-refractivity contribution < 1.29 is 0 Å². The second kappa shape index (κ2) is 11.0. The second-order valence-corrected chi connectivity index (χ2v) is 8.21. The standard InChI is InChI=1S/C24H36N6/c1-5-25-24(27-16-20(3)22-8-6-7-19(2)15-22)28-18-21-9-10-23(26-17-21)30-13-11-29(4)12-14-30/h6-10,15,17,20H,5,11-14,16,18H2,1-4H3,(H2,25,27,28). The van der Waals surface area contributed by atoms with Crippen LogP contribution in [0, 0.1) is 6.92 Å². The van der Waals surface area contributed by atoms with Gasteiger partial charge in [0.1, 0.15) is 5.82 Å². The summed E-state index contributed by atoms with van der Waals surface area (Å²) < 4.78 is 0. The van der Waals surface area contributed by atoms with Gasteiger partial charge < -0.3 is 20.4 Å². The molecule has 1 unspecified atom stereocenters. The van der Waals surface area contributed by atoms with Gasteiger partial charge in [-0.05, 0) is 44.0 Å². The number of piperazine rings is 1. The molecule has 3 rings (SSSR count). The number of aromatic nitrogens is 1.